The van der Waals surface area contributed by atoms with Gasteiger partial charge in [-0.3, -0.25) is 4.79 Å². The molecule has 0 aliphatic carbocycles. The topological polar surface area (TPSA) is 66.4 Å². The Kier molecular flexibility index (Phi) is 6.17. The van der Waals surface area contributed by atoms with Gasteiger partial charge in [0.2, 0.25) is 0 Å². The number of carboxylic acids is 1. The Bertz CT molecular complexity index is 852. The highest BCUT2D eigenvalue weighted by Gasteiger charge is 2.34. The first-order valence-corrected chi connectivity index (χ1v) is 8.69. The first kappa shape index (κ1) is 21.5. The zero-order valence-corrected chi connectivity index (χ0v) is 15.8. The highest BCUT2D eigenvalue weighted by Crippen LogP contribution is 2.32. The number of hydrogen-bond acceptors (Lipinski definition) is 2. The molecule has 0 bridgehead atoms. The van der Waals surface area contributed by atoms with E-state index in [1.54, 1.807) is 24.3 Å². The number of amides is 1. The normalized spacial score (nSPS) is 13.1. The largest absolute Gasteiger partial charge is 0.480 e. The molecule has 1 atom stereocenters. The summed E-state index contributed by atoms with van der Waals surface area (Å²) >= 11 is 0. The molecule has 28 heavy (non-hydrogen) atoms. The molecule has 1 amide bonds. The van der Waals surface area contributed by atoms with Crippen molar-refractivity contribution in [2.24, 2.45) is 0 Å². The minimum Gasteiger partial charge on any atom is -0.480 e. The van der Waals surface area contributed by atoms with Crippen molar-refractivity contribution in [3.05, 3.63) is 70.8 Å². The van der Waals surface area contributed by atoms with E-state index in [0.717, 1.165) is 11.6 Å². The summed E-state index contributed by atoms with van der Waals surface area (Å²) in [6, 6.07) is 9.92. The van der Waals surface area contributed by atoms with Crippen molar-refractivity contribution in [3.8, 4) is 0 Å². The van der Waals surface area contributed by atoms with Gasteiger partial charge in [0.15, 0.2) is 0 Å². The Morgan fingerprint density at radius 3 is 2.07 bits per heavy atom. The zero-order valence-electron chi connectivity index (χ0n) is 15.8. The number of aliphatic carboxylic acids is 1. The molecule has 0 spiro atoms. The predicted octanol–water partition coefficient (Wildman–Crippen LogP) is 4.43. The van der Waals surface area contributed by atoms with Crippen molar-refractivity contribution in [2.45, 2.75) is 44.8 Å². The number of hydrogen-bond donors (Lipinski definition) is 2. The van der Waals surface area contributed by atoms with Crippen LogP contribution in [0, 0.1) is 0 Å². The maximum atomic E-state index is 13.1. The van der Waals surface area contributed by atoms with E-state index in [9.17, 15) is 27.9 Å². The zero-order chi connectivity index (χ0) is 21.1. The number of nitrogens with one attached hydrogen (secondary N) is 1. The van der Waals surface area contributed by atoms with E-state index >= 15 is 0 Å². The van der Waals surface area contributed by atoms with Crippen molar-refractivity contribution >= 4 is 11.9 Å². The molecule has 2 rings (SSSR count). The van der Waals surface area contributed by atoms with Gasteiger partial charge in [0, 0.05) is 12.0 Å². The molecule has 2 N–H and O–H groups in total. The van der Waals surface area contributed by atoms with Gasteiger partial charge < -0.3 is 10.4 Å². The van der Waals surface area contributed by atoms with Gasteiger partial charge in [-0.15, -0.1) is 0 Å². The fourth-order valence-corrected chi connectivity index (χ4v) is 2.76. The molecule has 2 aromatic rings. The fourth-order valence-electron chi connectivity index (χ4n) is 2.76. The summed E-state index contributed by atoms with van der Waals surface area (Å²) in [5.74, 6) is -2.06. The number of alkyl halides is 3. The standard InChI is InChI=1S/C21H22F3NO3/c1-20(2,3)15-10-8-13(9-11-15)18(26)25-17(19(27)28)12-14-6-4-5-7-16(14)21(22,23)24/h4-11,17H,12H2,1-3H3,(H,25,26)(H,27,28)/t17-/m1/s1. The fraction of sp³-hybridized carbons (Fsp3) is 0.333. The van der Waals surface area contributed by atoms with Crippen molar-refractivity contribution in [2.75, 3.05) is 0 Å². The van der Waals surface area contributed by atoms with Crippen molar-refractivity contribution < 1.29 is 27.9 Å². The van der Waals surface area contributed by atoms with Crippen LogP contribution in [0.15, 0.2) is 48.5 Å². The number of carboxylic acid groups (broad SMARTS) is 1. The first-order chi connectivity index (χ1) is 12.9. The summed E-state index contributed by atoms with van der Waals surface area (Å²) < 4.78 is 39.4. The van der Waals surface area contributed by atoms with Crippen LogP contribution in [-0.4, -0.2) is 23.0 Å². The van der Waals surface area contributed by atoms with Crippen LogP contribution >= 0.6 is 0 Å². The van der Waals surface area contributed by atoms with E-state index in [4.69, 9.17) is 0 Å². The summed E-state index contributed by atoms with van der Waals surface area (Å²) in [6.45, 7) is 6.04. The van der Waals surface area contributed by atoms with Crippen LogP contribution in [0.5, 0.6) is 0 Å². The van der Waals surface area contributed by atoms with Gasteiger partial charge in [-0.1, -0.05) is 51.1 Å². The molecule has 0 fully saturated rings. The second-order valence-corrected chi connectivity index (χ2v) is 7.55. The summed E-state index contributed by atoms with van der Waals surface area (Å²) in [4.78, 5) is 23.9. The Labute approximate surface area is 161 Å². The van der Waals surface area contributed by atoms with E-state index in [-0.39, 0.29) is 16.5 Å². The van der Waals surface area contributed by atoms with Gasteiger partial charge in [0.1, 0.15) is 6.04 Å². The SMILES string of the molecule is CC(C)(C)c1ccc(C(=O)N[C@H](Cc2ccccc2C(F)(F)F)C(=O)O)cc1. The number of rotatable bonds is 5. The van der Waals surface area contributed by atoms with Crippen LogP contribution in [-0.2, 0) is 22.8 Å². The molecule has 0 unspecified atom stereocenters. The highest BCUT2D eigenvalue weighted by atomic mass is 19.4. The van der Waals surface area contributed by atoms with Crippen LogP contribution in [0.2, 0.25) is 0 Å². The second kappa shape index (κ2) is 8.04. The van der Waals surface area contributed by atoms with Gasteiger partial charge in [-0.2, -0.15) is 13.2 Å². The molecule has 0 saturated heterocycles. The van der Waals surface area contributed by atoms with E-state index in [1.807, 2.05) is 20.8 Å². The van der Waals surface area contributed by atoms with Crippen molar-refractivity contribution in [3.63, 3.8) is 0 Å². The van der Waals surface area contributed by atoms with E-state index in [2.05, 4.69) is 5.32 Å². The van der Waals surface area contributed by atoms with Crippen molar-refractivity contribution in [1.82, 2.24) is 5.32 Å². The quantitative estimate of drug-likeness (QED) is 0.790. The molecule has 0 saturated carbocycles. The maximum absolute atomic E-state index is 13.1. The molecule has 0 aliphatic heterocycles. The number of carbonyl (C=O) groups excluding carboxylic acids is 1. The molecule has 150 valence electrons. The van der Waals surface area contributed by atoms with Crippen molar-refractivity contribution in [1.29, 1.82) is 0 Å². The average Bonchev–Trinajstić information content (AvgIpc) is 2.60. The third-order valence-electron chi connectivity index (χ3n) is 4.36. The lowest BCUT2D eigenvalue weighted by Gasteiger charge is -2.20. The maximum Gasteiger partial charge on any atom is 0.416 e. The summed E-state index contributed by atoms with van der Waals surface area (Å²) in [6.07, 6.45) is -5.08. The number of halogens is 3. The van der Waals surface area contributed by atoms with Gasteiger partial charge in [-0.25, -0.2) is 4.79 Å². The summed E-state index contributed by atoms with van der Waals surface area (Å²) in [5, 5.41) is 11.7. The van der Waals surface area contributed by atoms with Gasteiger partial charge in [0.05, 0.1) is 5.56 Å². The lowest BCUT2D eigenvalue weighted by molar-refractivity contribution is -0.141. The molecule has 0 aliphatic rings. The van der Waals surface area contributed by atoms with Crippen LogP contribution in [0.25, 0.3) is 0 Å². The third kappa shape index (κ3) is 5.34. The Morgan fingerprint density at radius 2 is 1.57 bits per heavy atom. The molecular weight excluding hydrogens is 371 g/mol. The van der Waals surface area contributed by atoms with Crippen LogP contribution in [0.3, 0.4) is 0 Å². The first-order valence-electron chi connectivity index (χ1n) is 8.69. The molecule has 2 aromatic carbocycles. The summed E-state index contributed by atoms with van der Waals surface area (Å²) in [7, 11) is 0. The van der Waals surface area contributed by atoms with Crippen LogP contribution in [0.1, 0.15) is 47.8 Å². The van der Waals surface area contributed by atoms with Crippen LogP contribution < -0.4 is 5.32 Å². The van der Waals surface area contributed by atoms with Gasteiger partial charge in [-0.05, 0) is 34.7 Å². The van der Waals surface area contributed by atoms with Gasteiger partial charge >= 0.3 is 12.1 Å². The van der Waals surface area contributed by atoms with E-state index in [0.29, 0.717) is 0 Å². The third-order valence-corrected chi connectivity index (χ3v) is 4.36. The minimum atomic E-state index is -4.60. The van der Waals surface area contributed by atoms with Gasteiger partial charge in [0.25, 0.3) is 5.91 Å². The highest BCUT2D eigenvalue weighted by molar-refractivity contribution is 5.96. The average molecular weight is 393 g/mol. The molecular formula is C21H22F3NO3. The molecule has 7 heteroatoms. The van der Waals surface area contributed by atoms with E-state index < -0.39 is 36.1 Å². The predicted molar refractivity (Wildman–Crippen MR) is 99.2 cm³/mol. The minimum absolute atomic E-state index is 0.111. The Hall–Kier alpha value is -2.83. The summed E-state index contributed by atoms with van der Waals surface area (Å²) in [5.41, 5.74) is 0.0250. The lowest BCUT2D eigenvalue weighted by atomic mass is 9.86. The number of carbonyl (C=O) groups is 2. The smallest absolute Gasteiger partial charge is 0.416 e. The monoisotopic (exact) mass is 393 g/mol. The molecule has 0 radical (unpaired) electrons. The molecule has 0 heterocycles. The molecule has 0 aromatic heterocycles. The van der Waals surface area contributed by atoms with E-state index in [1.165, 1.54) is 18.2 Å². The van der Waals surface area contributed by atoms with Crippen LogP contribution in [0.4, 0.5) is 13.2 Å². The Morgan fingerprint density at radius 1 is 1.00 bits per heavy atom. The Balaban J connectivity index is 2.20. The lowest BCUT2D eigenvalue weighted by Crippen LogP contribution is -2.42. The number of benzene rings is 2. The molecule has 4 nitrogen and oxygen atoms in total. The second-order valence-electron chi connectivity index (χ2n) is 7.55.